The molecule has 0 saturated carbocycles. The minimum absolute atomic E-state index is 0.0368. The fourth-order valence-corrected chi connectivity index (χ4v) is 2.39. The van der Waals surface area contributed by atoms with E-state index in [1.165, 1.54) is 0 Å². The van der Waals surface area contributed by atoms with E-state index in [9.17, 15) is 14.4 Å². The van der Waals surface area contributed by atoms with Crippen LogP contribution in [0.25, 0.3) is 0 Å². The van der Waals surface area contributed by atoms with Crippen LogP contribution in [0.15, 0.2) is 24.3 Å². The van der Waals surface area contributed by atoms with Crippen LogP contribution in [0.5, 0.6) is 0 Å². The SMILES string of the molecule is O=C(CC1SC(=O)NC1=O)Nc1ccc(Cl)cc1. The van der Waals surface area contributed by atoms with Crippen LogP contribution in [0, 0.1) is 0 Å². The van der Waals surface area contributed by atoms with Crippen LogP contribution in [-0.2, 0) is 9.59 Å². The number of hydrogen-bond acceptors (Lipinski definition) is 4. The summed E-state index contributed by atoms with van der Waals surface area (Å²) in [6, 6.07) is 6.62. The third-order valence-electron chi connectivity index (χ3n) is 2.27. The molecule has 1 aromatic rings. The Kier molecular flexibility index (Phi) is 3.88. The van der Waals surface area contributed by atoms with Crippen molar-refractivity contribution in [2.75, 3.05) is 5.32 Å². The van der Waals surface area contributed by atoms with Crippen LogP contribution in [0.1, 0.15) is 6.42 Å². The van der Waals surface area contributed by atoms with E-state index in [4.69, 9.17) is 11.6 Å². The van der Waals surface area contributed by atoms with E-state index in [2.05, 4.69) is 10.6 Å². The highest BCUT2D eigenvalue weighted by Gasteiger charge is 2.33. The second-order valence-electron chi connectivity index (χ2n) is 3.64. The molecule has 0 radical (unpaired) electrons. The summed E-state index contributed by atoms with van der Waals surface area (Å²) in [4.78, 5) is 33.8. The van der Waals surface area contributed by atoms with Crippen LogP contribution in [0.2, 0.25) is 5.02 Å². The number of rotatable bonds is 3. The topological polar surface area (TPSA) is 75.3 Å². The molecular weight excluding hydrogens is 276 g/mol. The summed E-state index contributed by atoms with van der Waals surface area (Å²) in [6.07, 6.45) is -0.0368. The molecular formula is C11H9ClN2O3S. The van der Waals surface area contributed by atoms with Gasteiger partial charge in [-0.25, -0.2) is 0 Å². The first-order chi connectivity index (χ1) is 8.54. The van der Waals surface area contributed by atoms with Crippen molar-refractivity contribution in [2.24, 2.45) is 0 Å². The minimum atomic E-state index is -0.648. The van der Waals surface area contributed by atoms with Crippen LogP contribution in [0.3, 0.4) is 0 Å². The van der Waals surface area contributed by atoms with E-state index >= 15 is 0 Å². The maximum absolute atomic E-state index is 11.7. The predicted molar refractivity (Wildman–Crippen MR) is 69.6 cm³/mol. The standard InChI is InChI=1S/C11H9ClN2O3S/c12-6-1-3-7(4-2-6)13-9(15)5-8-10(16)14-11(17)18-8/h1-4,8H,5H2,(H,13,15)(H,14,16,17). The number of amides is 3. The van der Waals surface area contributed by atoms with Gasteiger partial charge in [-0.15, -0.1) is 0 Å². The molecule has 1 heterocycles. The second-order valence-corrected chi connectivity index (χ2v) is 5.25. The fourth-order valence-electron chi connectivity index (χ4n) is 1.44. The predicted octanol–water partition coefficient (Wildman–Crippen LogP) is 2.02. The van der Waals surface area contributed by atoms with E-state index in [0.29, 0.717) is 10.7 Å². The van der Waals surface area contributed by atoms with Crippen molar-refractivity contribution in [1.82, 2.24) is 5.32 Å². The Bertz CT molecular complexity index is 504. The van der Waals surface area contributed by atoms with Gasteiger partial charge in [-0.2, -0.15) is 0 Å². The Morgan fingerprint density at radius 1 is 1.33 bits per heavy atom. The van der Waals surface area contributed by atoms with Gasteiger partial charge in [0, 0.05) is 17.1 Å². The number of benzene rings is 1. The molecule has 2 rings (SSSR count). The van der Waals surface area contributed by atoms with E-state index < -0.39 is 16.4 Å². The van der Waals surface area contributed by atoms with E-state index in [0.717, 1.165) is 11.8 Å². The second kappa shape index (κ2) is 5.41. The highest BCUT2D eigenvalue weighted by Crippen LogP contribution is 2.22. The van der Waals surface area contributed by atoms with Gasteiger partial charge < -0.3 is 5.32 Å². The van der Waals surface area contributed by atoms with Gasteiger partial charge in [0.05, 0.1) is 0 Å². The molecule has 18 heavy (non-hydrogen) atoms. The van der Waals surface area contributed by atoms with E-state index in [1.54, 1.807) is 24.3 Å². The van der Waals surface area contributed by atoms with Crippen molar-refractivity contribution in [3.8, 4) is 0 Å². The van der Waals surface area contributed by atoms with Gasteiger partial charge in [0.25, 0.3) is 5.24 Å². The molecule has 0 aliphatic carbocycles. The van der Waals surface area contributed by atoms with Crippen molar-refractivity contribution in [3.05, 3.63) is 29.3 Å². The van der Waals surface area contributed by atoms with Crippen LogP contribution in [0.4, 0.5) is 10.5 Å². The van der Waals surface area contributed by atoms with Gasteiger partial charge in [-0.05, 0) is 24.3 Å². The Balaban J connectivity index is 1.91. The number of halogens is 1. The summed E-state index contributed by atoms with van der Waals surface area (Å²) in [5, 5.41) is 4.27. The lowest BCUT2D eigenvalue weighted by Gasteiger charge is -2.07. The summed E-state index contributed by atoms with van der Waals surface area (Å²) in [5.41, 5.74) is 0.596. The highest BCUT2D eigenvalue weighted by molar-refractivity contribution is 8.15. The van der Waals surface area contributed by atoms with Gasteiger partial charge in [0.1, 0.15) is 5.25 Å². The minimum Gasteiger partial charge on any atom is -0.326 e. The first-order valence-corrected chi connectivity index (χ1v) is 6.37. The van der Waals surface area contributed by atoms with Crippen molar-refractivity contribution in [1.29, 1.82) is 0 Å². The molecule has 1 aliphatic rings. The van der Waals surface area contributed by atoms with Crippen LogP contribution in [-0.4, -0.2) is 22.3 Å². The van der Waals surface area contributed by atoms with E-state index in [-0.39, 0.29) is 12.3 Å². The summed E-state index contributed by atoms with van der Waals surface area (Å²) in [5.74, 6) is -0.740. The lowest BCUT2D eigenvalue weighted by molar-refractivity contribution is -0.122. The average molecular weight is 285 g/mol. The monoisotopic (exact) mass is 284 g/mol. The first kappa shape index (κ1) is 12.9. The highest BCUT2D eigenvalue weighted by atomic mass is 35.5. The lowest BCUT2D eigenvalue weighted by Crippen LogP contribution is -2.27. The molecule has 1 saturated heterocycles. The summed E-state index contributed by atoms with van der Waals surface area (Å²) in [7, 11) is 0. The normalized spacial score (nSPS) is 18.6. The van der Waals surface area contributed by atoms with Gasteiger partial charge in [-0.1, -0.05) is 23.4 Å². The van der Waals surface area contributed by atoms with Gasteiger partial charge in [-0.3, -0.25) is 19.7 Å². The van der Waals surface area contributed by atoms with Gasteiger partial charge in [0.2, 0.25) is 11.8 Å². The van der Waals surface area contributed by atoms with Gasteiger partial charge >= 0.3 is 0 Å². The molecule has 94 valence electrons. The molecule has 0 bridgehead atoms. The Hall–Kier alpha value is -1.53. The maximum atomic E-state index is 11.7. The Morgan fingerprint density at radius 2 is 2.00 bits per heavy atom. The smallest absolute Gasteiger partial charge is 0.286 e. The number of nitrogens with one attached hydrogen (secondary N) is 2. The zero-order chi connectivity index (χ0) is 13.1. The molecule has 1 aromatic carbocycles. The zero-order valence-electron chi connectivity index (χ0n) is 9.10. The Labute approximate surface area is 112 Å². The van der Waals surface area contributed by atoms with Crippen LogP contribution >= 0.6 is 23.4 Å². The molecule has 1 unspecified atom stereocenters. The molecule has 5 nitrogen and oxygen atoms in total. The molecule has 7 heteroatoms. The molecule has 1 fully saturated rings. The summed E-state index contributed by atoms with van der Waals surface area (Å²) in [6.45, 7) is 0. The number of carbonyl (C=O) groups is 3. The average Bonchev–Trinajstić information content (AvgIpc) is 2.61. The maximum Gasteiger partial charge on any atom is 0.286 e. The van der Waals surface area contributed by atoms with E-state index in [1.807, 2.05) is 0 Å². The number of anilines is 1. The van der Waals surface area contributed by atoms with Crippen molar-refractivity contribution in [2.45, 2.75) is 11.7 Å². The summed E-state index contributed by atoms with van der Waals surface area (Å²) < 4.78 is 0. The largest absolute Gasteiger partial charge is 0.326 e. The Morgan fingerprint density at radius 3 is 2.56 bits per heavy atom. The number of imide groups is 1. The zero-order valence-corrected chi connectivity index (χ0v) is 10.7. The third kappa shape index (κ3) is 3.24. The number of thioether (sulfide) groups is 1. The van der Waals surface area contributed by atoms with Crippen molar-refractivity contribution < 1.29 is 14.4 Å². The molecule has 2 N–H and O–H groups in total. The molecule has 0 spiro atoms. The lowest BCUT2D eigenvalue weighted by atomic mass is 10.2. The quantitative estimate of drug-likeness (QED) is 0.890. The van der Waals surface area contributed by atoms with Crippen molar-refractivity contribution >= 4 is 46.1 Å². The molecule has 1 atom stereocenters. The third-order valence-corrected chi connectivity index (χ3v) is 3.50. The number of hydrogen-bond donors (Lipinski definition) is 2. The number of carbonyl (C=O) groups excluding carboxylic acids is 3. The first-order valence-electron chi connectivity index (χ1n) is 5.11. The summed E-state index contributed by atoms with van der Waals surface area (Å²) >= 11 is 6.55. The van der Waals surface area contributed by atoms with Crippen LogP contribution < -0.4 is 10.6 Å². The van der Waals surface area contributed by atoms with Crippen molar-refractivity contribution in [3.63, 3.8) is 0 Å². The fraction of sp³-hybridized carbons (Fsp3) is 0.182. The van der Waals surface area contributed by atoms with Gasteiger partial charge in [0.15, 0.2) is 0 Å². The molecule has 3 amide bonds. The molecule has 0 aromatic heterocycles. The molecule has 1 aliphatic heterocycles.